The van der Waals surface area contributed by atoms with E-state index >= 15 is 0 Å². The first-order chi connectivity index (χ1) is 10.8. The Morgan fingerprint density at radius 3 is 2.00 bits per heavy atom. The molecule has 0 fully saturated rings. The molecule has 128 valence electrons. The average Bonchev–Trinajstić information content (AvgIpc) is 2.50. The van der Waals surface area contributed by atoms with E-state index in [0.29, 0.717) is 11.8 Å². The largest absolute Gasteiger partial charge is 0.351 e. The standard InChI is InChI=1S/C18H29N3O2/c1-6-12(4)14-7-9-15(10-8-14)16(11(2)3)20-13(5)17(22)21-18(19)23/h7-13,16,20H,6H2,1-5H3,(H3,19,21,22,23). The molecular weight excluding hydrogens is 290 g/mol. The Bertz CT molecular complexity index is 526. The maximum atomic E-state index is 11.9. The van der Waals surface area contributed by atoms with Gasteiger partial charge < -0.3 is 5.73 Å². The van der Waals surface area contributed by atoms with Gasteiger partial charge in [0.2, 0.25) is 5.91 Å². The third-order valence-electron chi connectivity index (χ3n) is 4.21. The van der Waals surface area contributed by atoms with Crippen LogP contribution in [0.15, 0.2) is 24.3 Å². The van der Waals surface area contributed by atoms with Gasteiger partial charge in [0.1, 0.15) is 0 Å². The van der Waals surface area contributed by atoms with E-state index in [-0.39, 0.29) is 6.04 Å². The molecule has 0 spiro atoms. The van der Waals surface area contributed by atoms with Crippen molar-refractivity contribution in [3.8, 4) is 0 Å². The number of nitrogens with one attached hydrogen (secondary N) is 2. The fourth-order valence-corrected chi connectivity index (χ4v) is 2.52. The average molecular weight is 319 g/mol. The molecule has 0 aliphatic rings. The number of primary amides is 1. The molecule has 0 heterocycles. The summed E-state index contributed by atoms with van der Waals surface area (Å²) in [4.78, 5) is 22.6. The van der Waals surface area contributed by atoms with Gasteiger partial charge in [0.15, 0.2) is 0 Å². The number of carbonyl (C=O) groups excluding carboxylic acids is 2. The number of imide groups is 1. The molecule has 0 saturated carbocycles. The minimum absolute atomic E-state index is 0.0228. The lowest BCUT2D eigenvalue weighted by Crippen LogP contribution is -2.48. The lowest BCUT2D eigenvalue weighted by Gasteiger charge is -2.26. The molecule has 0 aliphatic heterocycles. The second-order valence-electron chi connectivity index (χ2n) is 6.44. The van der Waals surface area contributed by atoms with Gasteiger partial charge in [-0.25, -0.2) is 4.79 Å². The molecule has 0 saturated heterocycles. The summed E-state index contributed by atoms with van der Waals surface area (Å²) in [6, 6.07) is 7.19. The van der Waals surface area contributed by atoms with Crippen molar-refractivity contribution in [1.82, 2.24) is 10.6 Å². The maximum absolute atomic E-state index is 11.9. The van der Waals surface area contributed by atoms with E-state index in [1.165, 1.54) is 5.56 Å². The number of hydrogen-bond donors (Lipinski definition) is 3. The van der Waals surface area contributed by atoms with E-state index in [9.17, 15) is 9.59 Å². The van der Waals surface area contributed by atoms with Crippen molar-refractivity contribution in [2.24, 2.45) is 11.7 Å². The molecule has 3 atom stereocenters. The Morgan fingerprint density at radius 1 is 1.04 bits per heavy atom. The molecule has 1 aromatic carbocycles. The molecule has 5 nitrogen and oxygen atoms in total. The molecule has 0 bridgehead atoms. The minimum atomic E-state index is -0.831. The number of hydrogen-bond acceptors (Lipinski definition) is 3. The topological polar surface area (TPSA) is 84.2 Å². The number of rotatable bonds is 7. The molecule has 23 heavy (non-hydrogen) atoms. The van der Waals surface area contributed by atoms with Crippen LogP contribution in [0.1, 0.15) is 64.1 Å². The first-order valence-electron chi connectivity index (χ1n) is 8.22. The molecule has 0 radical (unpaired) electrons. The van der Waals surface area contributed by atoms with E-state index < -0.39 is 18.0 Å². The monoisotopic (exact) mass is 319 g/mol. The Kier molecular flexibility index (Phi) is 7.23. The second kappa shape index (κ2) is 8.67. The summed E-state index contributed by atoms with van der Waals surface area (Å²) >= 11 is 0. The van der Waals surface area contributed by atoms with Crippen LogP contribution in [0.5, 0.6) is 0 Å². The predicted molar refractivity (Wildman–Crippen MR) is 93.1 cm³/mol. The van der Waals surface area contributed by atoms with Crippen LogP contribution in [0, 0.1) is 5.92 Å². The number of amides is 3. The van der Waals surface area contributed by atoms with Gasteiger partial charge >= 0.3 is 6.03 Å². The van der Waals surface area contributed by atoms with E-state index in [1.807, 2.05) is 0 Å². The zero-order valence-electron chi connectivity index (χ0n) is 14.7. The van der Waals surface area contributed by atoms with Crippen LogP contribution in [-0.2, 0) is 4.79 Å². The summed E-state index contributed by atoms with van der Waals surface area (Å²) < 4.78 is 0. The van der Waals surface area contributed by atoms with Gasteiger partial charge in [0, 0.05) is 6.04 Å². The van der Waals surface area contributed by atoms with E-state index in [1.54, 1.807) is 6.92 Å². The molecule has 3 unspecified atom stereocenters. The SMILES string of the molecule is CCC(C)c1ccc(C(NC(C)C(=O)NC(N)=O)C(C)C)cc1. The van der Waals surface area contributed by atoms with Gasteiger partial charge in [-0.15, -0.1) is 0 Å². The highest BCUT2D eigenvalue weighted by molar-refractivity contribution is 5.96. The Labute approximate surface area is 139 Å². The summed E-state index contributed by atoms with van der Waals surface area (Å²) in [5.74, 6) is 0.419. The molecular formula is C18H29N3O2. The van der Waals surface area contributed by atoms with E-state index in [2.05, 4.69) is 62.6 Å². The number of benzene rings is 1. The normalized spacial score (nSPS) is 15.0. The predicted octanol–water partition coefficient (Wildman–Crippen LogP) is 3.07. The molecule has 1 aromatic rings. The number of urea groups is 1. The Morgan fingerprint density at radius 2 is 1.57 bits per heavy atom. The van der Waals surface area contributed by atoms with Crippen LogP contribution >= 0.6 is 0 Å². The highest BCUT2D eigenvalue weighted by Gasteiger charge is 2.22. The van der Waals surface area contributed by atoms with Crippen LogP contribution < -0.4 is 16.4 Å². The second-order valence-corrected chi connectivity index (χ2v) is 6.44. The van der Waals surface area contributed by atoms with Crippen molar-refractivity contribution in [3.63, 3.8) is 0 Å². The molecule has 5 heteroatoms. The molecule has 3 amide bonds. The van der Waals surface area contributed by atoms with Gasteiger partial charge in [0.25, 0.3) is 0 Å². The van der Waals surface area contributed by atoms with Gasteiger partial charge in [-0.3, -0.25) is 15.4 Å². The summed E-state index contributed by atoms with van der Waals surface area (Å²) in [7, 11) is 0. The first kappa shape index (κ1) is 19.2. The molecule has 1 rings (SSSR count). The smallest absolute Gasteiger partial charge is 0.318 e. The van der Waals surface area contributed by atoms with Crippen LogP contribution in [-0.4, -0.2) is 18.0 Å². The number of carbonyl (C=O) groups is 2. The zero-order chi connectivity index (χ0) is 17.6. The van der Waals surface area contributed by atoms with Crippen LogP contribution in [0.2, 0.25) is 0 Å². The fraction of sp³-hybridized carbons (Fsp3) is 0.556. The summed E-state index contributed by atoms with van der Waals surface area (Å²) in [5, 5.41) is 5.39. The first-order valence-corrected chi connectivity index (χ1v) is 8.22. The summed E-state index contributed by atoms with van der Waals surface area (Å²) in [6.45, 7) is 10.3. The number of nitrogens with two attached hydrogens (primary N) is 1. The van der Waals surface area contributed by atoms with Crippen molar-refractivity contribution < 1.29 is 9.59 Å². The lowest BCUT2D eigenvalue weighted by atomic mass is 9.91. The highest BCUT2D eigenvalue weighted by Crippen LogP contribution is 2.25. The van der Waals surface area contributed by atoms with E-state index in [4.69, 9.17) is 5.73 Å². The van der Waals surface area contributed by atoms with E-state index in [0.717, 1.165) is 12.0 Å². The quantitative estimate of drug-likeness (QED) is 0.722. The third-order valence-corrected chi connectivity index (χ3v) is 4.21. The summed E-state index contributed by atoms with van der Waals surface area (Å²) in [6.07, 6.45) is 1.11. The van der Waals surface area contributed by atoms with Gasteiger partial charge in [-0.05, 0) is 36.3 Å². The van der Waals surface area contributed by atoms with Crippen molar-refractivity contribution in [1.29, 1.82) is 0 Å². The van der Waals surface area contributed by atoms with Crippen LogP contribution in [0.25, 0.3) is 0 Å². The van der Waals surface area contributed by atoms with Crippen molar-refractivity contribution in [2.75, 3.05) is 0 Å². The Hall–Kier alpha value is -1.88. The lowest BCUT2D eigenvalue weighted by molar-refractivity contribution is -0.121. The summed E-state index contributed by atoms with van der Waals surface area (Å²) in [5.41, 5.74) is 7.44. The van der Waals surface area contributed by atoms with Crippen molar-refractivity contribution in [3.05, 3.63) is 35.4 Å². The van der Waals surface area contributed by atoms with Gasteiger partial charge in [-0.2, -0.15) is 0 Å². The van der Waals surface area contributed by atoms with Crippen molar-refractivity contribution in [2.45, 2.75) is 59.0 Å². The molecule has 0 aliphatic carbocycles. The third kappa shape index (κ3) is 5.67. The fourth-order valence-electron chi connectivity index (χ4n) is 2.52. The van der Waals surface area contributed by atoms with Crippen LogP contribution in [0.3, 0.4) is 0 Å². The minimum Gasteiger partial charge on any atom is -0.351 e. The van der Waals surface area contributed by atoms with Crippen molar-refractivity contribution >= 4 is 11.9 Å². The van der Waals surface area contributed by atoms with Crippen LogP contribution in [0.4, 0.5) is 4.79 Å². The maximum Gasteiger partial charge on any atom is 0.318 e. The molecule has 4 N–H and O–H groups in total. The highest BCUT2D eigenvalue weighted by atomic mass is 16.2. The Balaban J connectivity index is 2.86. The van der Waals surface area contributed by atoms with Gasteiger partial charge in [-0.1, -0.05) is 52.0 Å². The molecule has 0 aromatic heterocycles. The van der Waals surface area contributed by atoms with Gasteiger partial charge in [0.05, 0.1) is 6.04 Å². The zero-order valence-corrected chi connectivity index (χ0v) is 14.7.